The predicted octanol–water partition coefficient (Wildman–Crippen LogP) is 2.59. The van der Waals surface area contributed by atoms with Crippen molar-refractivity contribution in [1.82, 2.24) is 5.32 Å². The van der Waals surface area contributed by atoms with Crippen molar-refractivity contribution in [3.05, 3.63) is 60.2 Å². The molecule has 0 aliphatic heterocycles. The summed E-state index contributed by atoms with van der Waals surface area (Å²) in [7, 11) is 0. The number of nitrogens with one attached hydrogen (secondary N) is 1. The zero-order valence-corrected chi connectivity index (χ0v) is 13.4. The Morgan fingerprint density at radius 1 is 0.958 bits per heavy atom. The van der Waals surface area contributed by atoms with E-state index in [1.807, 2.05) is 42.5 Å². The second kappa shape index (κ2) is 10.1. The Morgan fingerprint density at radius 2 is 1.71 bits per heavy atom. The van der Waals surface area contributed by atoms with Crippen LogP contribution in [0.5, 0.6) is 5.75 Å². The predicted molar refractivity (Wildman–Crippen MR) is 91.8 cm³/mol. The zero-order valence-electron chi connectivity index (χ0n) is 13.4. The van der Waals surface area contributed by atoms with Crippen LogP contribution in [-0.4, -0.2) is 32.5 Å². The van der Waals surface area contributed by atoms with E-state index in [1.165, 1.54) is 0 Å². The molecule has 0 aliphatic carbocycles. The van der Waals surface area contributed by atoms with Crippen molar-refractivity contribution in [2.75, 3.05) is 32.1 Å². The van der Waals surface area contributed by atoms with Crippen LogP contribution in [-0.2, 0) is 16.1 Å². The lowest BCUT2D eigenvalue weighted by molar-refractivity contribution is 0.0968. The van der Waals surface area contributed by atoms with Crippen LogP contribution in [0.1, 0.15) is 5.56 Å². The van der Waals surface area contributed by atoms with E-state index in [9.17, 15) is 4.79 Å². The molecule has 24 heavy (non-hydrogen) atoms. The number of ether oxygens (including phenoxy) is 3. The van der Waals surface area contributed by atoms with Gasteiger partial charge in [0, 0.05) is 6.54 Å². The summed E-state index contributed by atoms with van der Waals surface area (Å²) in [5.74, 6) is 0.642. The first-order valence-electron chi connectivity index (χ1n) is 7.75. The van der Waals surface area contributed by atoms with Gasteiger partial charge < -0.3 is 25.3 Å². The molecule has 0 aliphatic rings. The summed E-state index contributed by atoms with van der Waals surface area (Å²) in [5, 5.41) is 2.62. The second-order valence-electron chi connectivity index (χ2n) is 4.99. The molecule has 128 valence electrons. The number of anilines is 1. The molecule has 0 aromatic heterocycles. The quantitative estimate of drug-likeness (QED) is 0.545. The molecule has 6 nitrogen and oxygen atoms in total. The number of amides is 1. The Labute approximate surface area is 141 Å². The van der Waals surface area contributed by atoms with Crippen molar-refractivity contribution in [1.29, 1.82) is 0 Å². The molecule has 0 unspecified atom stereocenters. The highest BCUT2D eigenvalue weighted by Crippen LogP contribution is 2.19. The molecule has 6 heteroatoms. The molecular formula is C18H22N2O4. The average Bonchev–Trinajstić information content (AvgIpc) is 2.61. The smallest absolute Gasteiger partial charge is 0.407 e. The Kier molecular flexibility index (Phi) is 7.43. The summed E-state index contributed by atoms with van der Waals surface area (Å²) in [5.41, 5.74) is 7.30. The number of para-hydroxylation sites is 2. The van der Waals surface area contributed by atoms with E-state index in [1.54, 1.807) is 12.1 Å². The van der Waals surface area contributed by atoms with Crippen LogP contribution in [0.3, 0.4) is 0 Å². The van der Waals surface area contributed by atoms with E-state index in [0.717, 1.165) is 5.56 Å². The molecule has 2 rings (SSSR count). The highest BCUT2D eigenvalue weighted by atomic mass is 16.5. The minimum Gasteiger partial charge on any atom is -0.489 e. The maximum absolute atomic E-state index is 11.5. The third-order valence-corrected chi connectivity index (χ3v) is 3.13. The number of carbonyl (C=O) groups excluding carboxylic acids is 1. The number of rotatable bonds is 9. The summed E-state index contributed by atoms with van der Waals surface area (Å²) in [4.78, 5) is 11.5. The highest BCUT2D eigenvalue weighted by molar-refractivity contribution is 5.67. The van der Waals surface area contributed by atoms with Gasteiger partial charge in [-0.3, -0.25) is 0 Å². The molecule has 2 aromatic carbocycles. The number of nitrogens with two attached hydrogens (primary N) is 1. The fourth-order valence-corrected chi connectivity index (χ4v) is 1.92. The molecular weight excluding hydrogens is 308 g/mol. The standard InChI is InChI=1S/C18H22N2O4/c19-16-8-4-5-9-17(16)23-13-12-22-11-10-20-18(21)24-14-15-6-2-1-3-7-15/h1-9H,10-14,19H2,(H,20,21). The van der Waals surface area contributed by atoms with Gasteiger partial charge in [0.2, 0.25) is 0 Å². The molecule has 0 atom stereocenters. The lowest BCUT2D eigenvalue weighted by atomic mass is 10.2. The van der Waals surface area contributed by atoms with Gasteiger partial charge in [0.25, 0.3) is 0 Å². The number of carbonyl (C=O) groups is 1. The number of benzene rings is 2. The van der Waals surface area contributed by atoms with Gasteiger partial charge in [-0.15, -0.1) is 0 Å². The minimum absolute atomic E-state index is 0.250. The number of hydrogen-bond donors (Lipinski definition) is 2. The first-order chi connectivity index (χ1) is 11.8. The Bertz CT molecular complexity index is 619. The van der Waals surface area contributed by atoms with Crippen LogP contribution < -0.4 is 15.8 Å². The number of nitrogen functional groups attached to an aromatic ring is 1. The molecule has 0 radical (unpaired) electrons. The van der Waals surface area contributed by atoms with Crippen molar-refractivity contribution < 1.29 is 19.0 Å². The highest BCUT2D eigenvalue weighted by Gasteiger charge is 2.02. The van der Waals surface area contributed by atoms with Gasteiger partial charge in [0.15, 0.2) is 0 Å². The van der Waals surface area contributed by atoms with Crippen LogP contribution in [0.15, 0.2) is 54.6 Å². The zero-order chi connectivity index (χ0) is 17.0. The summed E-state index contributed by atoms with van der Waals surface area (Å²) in [6.07, 6.45) is -0.462. The van der Waals surface area contributed by atoms with Crippen molar-refractivity contribution in [3.8, 4) is 5.75 Å². The lowest BCUT2D eigenvalue weighted by Crippen LogP contribution is -2.28. The molecule has 3 N–H and O–H groups in total. The summed E-state index contributed by atoms with van der Waals surface area (Å²) in [6.45, 7) is 1.82. The largest absolute Gasteiger partial charge is 0.489 e. The summed E-state index contributed by atoms with van der Waals surface area (Å²) in [6, 6.07) is 16.8. The molecule has 0 saturated carbocycles. The Hall–Kier alpha value is -2.73. The van der Waals surface area contributed by atoms with Crippen LogP contribution in [0.25, 0.3) is 0 Å². The van der Waals surface area contributed by atoms with Gasteiger partial charge in [-0.2, -0.15) is 0 Å². The van der Waals surface area contributed by atoms with Crippen LogP contribution in [0.2, 0.25) is 0 Å². The van der Waals surface area contributed by atoms with Crippen LogP contribution in [0, 0.1) is 0 Å². The van der Waals surface area contributed by atoms with Crippen molar-refractivity contribution in [2.24, 2.45) is 0 Å². The molecule has 0 saturated heterocycles. The van der Waals surface area contributed by atoms with E-state index in [2.05, 4.69) is 5.32 Å². The Balaban J connectivity index is 1.47. The first kappa shape index (κ1) is 17.6. The minimum atomic E-state index is -0.462. The first-order valence-corrected chi connectivity index (χ1v) is 7.75. The van der Waals surface area contributed by atoms with E-state index in [-0.39, 0.29) is 6.61 Å². The molecule has 0 heterocycles. The molecule has 0 fully saturated rings. The van der Waals surface area contributed by atoms with Gasteiger partial charge in [-0.1, -0.05) is 42.5 Å². The second-order valence-corrected chi connectivity index (χ2v) is 4.99. The van der Waals surface area contributed by atoms with E-state index in [0.29, 0.717) is 37.8 Å². The van der Waals surface area contributed by atoms with Gasteiger partial charge in [-0.25, -0.2) is 4.79 Å². The molecule has 0 spiro atoms. The normalized spacial score (nSPS) is 10.2. The van der Waals surface area contributed by atoms with Gasteiger partial charge >= 0.3 is 6.09 Å². The van der Waals surface area contributed by atoms with E-state index < -0.39 is 6.09 Å². The van der Waals surface area contributed by atoms with Gasteiger partial charge in [0.05, 0.1) is 18.9 Å². The van der Waals surface area contributed by atoms with Gasteiger partial charge in [0.1, 0.15) is 19.0 Å². The Morgan fingerprint density at radius 3 is 2.50 bits per heavy atom. The summed E-state index contributed by atoms with van der Waals surface area (Å²) >= 11 is 0. The van der Waals surface area contributed by atoms with Gasteiger partial charge in [-0.05, 0) is 17.7 Å². The summed E-state index contributed by atoms with van der Waals surface area (Å²) < 4.78 is 15.9. The SMILES string of the molecule is Nc1ccccc1OCCOCCNC(=O)OCc1ccccc1. The fourth-order valence-electron chi connectivity index (χ4n) is 1.92. The van der Waals surface area contributed by atoms with Crippen molar-refractivity contribution in [3.63, 3.8) is 0 Å². The van der Waals surface area contributed by atoms with Crippen LogP contribution >= 0.6 is 0 Å². The maximum Gasteiger partial charge on any atom is 0.407 e. The molecule has 1 amide bonds. The van der Waals surface area contributed by atoms with E-state index in [4.69, 9.17) is 19.9 Å². The van der Waals surface area contributed by atoms with Crippen molar-refractivity contribution in [2.45, 2.75) is 6.61 Å². The topological polar surface area (TPSA) is 82.8 Å². The van der Waals surface area contributed by atoms with Crippen molar-refractivity contribution >= 4 is 11.8 Å². The van der Waals surface area contributed by atoms with Crippen LogP contribution in [0.4, 0.5) is 10.5 Å². The monoisotopic (exact) mass is 330 g/mol. The third-order valence-electron chi connectivity index (χ3n) is 3.13. The lowest BCUT2D eigenvalue weighted by Gasteiger charge is -2.10. The fraction of sp³-hybridized carbons (Fsp3) is 0.278. The molecule has 2 aromatic rings. The van der Waals surface area contributed by atoms with E-state index >= 15 is 0 Å². The molecule has 0 bridgehead atoms. The third kappa shape index (κ3) is 6.58. The average molecular weight is 330 g/mol. The number of hydrogen-bond acceptors (Lipinski definition) is 5. The maximum atomic E-state index is 11.5. The number of alkyl carbamates (subject to hydrolysis) is 1.